The predicted molar refractivity (Wildman–Crippen MR) is 104 cm³/mol. The predicted octanol–water partition coefficient (Wildman–Crippen LogP) is 1.99. The zero-order valence-corrected chi connectivity index (χ0v) is 16.6. The van der Waals surface area contributed by atoms with Gasteiger partial charge in [-0.2, -0.15) is 5.10 Å². The second kappa shape index (κ2) is 7.69. The van der Waals surface area contributed by atoms with Crippen LogP contribution in [0.2, 0.25) is 0 Å². The molecule has 0 spiro atoms. The first kappa shape index (κ1) is 18.6. The number of rotatable bonds is 5. The molecule has 0 aromatic carbocycles. The monoisotopic (exact) mass is 389 g/mol. The molecule has 4 rings (SSSR count). The second-order valence-corrected chi connectivity index (χ2v) is 8.89. The number of aromatic amines is 1. The first-order valence-corrected chi connectivity index (χ1v) is 10.6. The van der Waals surface area contributed by atoms with Crippen molar-refractivity contribution >= 4 is 17.2 Å². The molecule has 0 unspecified atom stereocenters. The van der Waals surface area contributed by atoms with Crippen LogP contribution in [0.5, 0.6) is 0 Å². The third kappa shape index (κ3) is 4.07. The molecular weight excluding hydrogens is 362 g/mol. The number of hydrogen-bond acceptors (Lipinski definition) is 6. The van der Waals surface area contributed by atoms with E-state index < -0.39 is 6.10 Å². The summed E-state index contributed by atoms with van der Waals surface area (Å²) in [6, 6.07) is 1.58. The van der Waals surface area contributed by atoms with Crippen molar-refractivity contribution in [2.45, 2.75) is 51.3 Å². The molecule has 2 aromatic rings. The molecule has 27 heavy (non-hydrogen) atoms. The third-order valence-corrected chi connectivity index (χ3v) is 6.49. The average Bonchev–Trinajstić information content (AvgIpc) is 3.35. The summed E-state index contributed by atoms with van der Waals surface area (Å²) >= 11 is 1.62. The quantitative estimate of drug-likeness (QED) is 0.727. The smallest absolute Gasteiger partial charge is 0.272 e. The lowest BCUT2D eigenvalue weighted by Crippen LogP contribution is -2.49. The van der Waals surface area contributed by atoms with Gasteiger partial charge in [-0.3, -0.25) is 14.8 Å². The number of fused-ring (bicyclic) bond motifs is 1. The van der Waals surface area contributed by atoms with E-state index in [-0.39, 0.29) is 11.9 Å². The Kier molecular flexibility index (Phi) is 5.29. The molecule has 0 bridgehead atoms. The first-order chi connectivity index (χ1) is 13.0. The van der Waals surface area contributed by atoms with E-state index in [1.54, 1.807) is 17.4 Å². The zero-order valence-electron chi connectivity index (χ0n) is 15.8. The average molecular weight is 390 g/mol. The van der Waals surface area contributed by atoms with Crippen molar-refractivity contribution in [2.75, 3.05) is 13.1 Å². The van der Waals surface area contributed by atoms with Gasteiger partial charge in [0.25, 0.3) is 5.91 Å². The number of aliphatic hydroxyl groups excluding tert-OH is 1. The Labute approximate surface area is 163 Å². The highest BCUT2D eigenvalue weighted by Gasteiger charge is 2.42. The molecule has 2 fully saturated rings. The van der Waals surface area contributed by atoms with Crippen molar-refractivity contribution in [1.29, 1.82) is 0 Å². The summed E-state index contributed by atoms with van der Waals surface area (Å²) < 4.78 is 0. The molecule has 146 valence electrons. The number of nitrogens with zero attached hydrogens (tertiary/aromatic N) is 3. The summed E-state index contributed by atoms with van der Waals surface area (Å²) in [4.78, 5) is 19.3. The Morgan fingerprint density at radius 2 is 2.19 bits per heavy atom. The minimum atomic E-state index is -0.502. The van der Waals surface area contributed by atoms with Crippen molar-refractivity contribution in [3.63, 3.8) is 0 Å². The molecule has 1 aliphatic carbocycles. The number of aromatic nitrogens is 3. The number of likely N-dealkylation sites (tertiary alicyclic amines) is 1. The van der Waals surface area contributed by atoms with Gasteiger partial charge in [0, 0.05) is 30.7 Å². The summed E-state index contributed by atoms with van der Waals surface area (Å²) in [5.74, 6) is 1.08. The van der Waals surface area contributed by atoms with Crippen LogP contribution in [0.3, 0.4) is 0 Å². The molecule has 1 saturated heterocycles. The number of carbonyl (C=O) groups is 1. The van der Waals surface area contributed by atoms with Crippen LogP contribution in [0.15, 0.2) is 17.0 Å². The Balaban J connectivity index is 1.35. The molecule has 1 saturated carbocycles. The van der Waals surface area contributed by atoms with Gasteiger partial charge in [0.05, 0.1) is 23.4 Å². The van der Waals surface area contributed by atoms with Crippen LogP contribution in [-0.4, -0.2) is 56.3 Å². The lowest BCUT2D eigenvalue weighted by atomic mass is 9.77. The molecular formula is C19H27N5O2S. The van der Waals surface area contributed by atoms with Gasteiger partial charge >= 0.3 is 0 Å². The Hall–Kier alpha value is -1.77. The van der Waals surface area contributed by atoms with E-state index in [0.29, 0.717) is 23.4 Å². The summed E-state index contributed by atoms with van der Waals surface area (Å²) in [5, 5.41) is 22.7. The number of thiazole rings is 1. The van der Waals surface area contributed by atoms with Crippen LogP contribution in [0, 0.1) is 11.8 Å². The molecule has 0 radical (unpaired) electrons. The van der Waals surface area contributed by atoms with Crippen LogP contribution in [0.1, 0.15) is 54.5 Å². The number of aliphatic hydroxyl groups is 1. The minimum absolute atomic E-state index is 0.210. The lowest BCUT2D eigenvalue weighted by Gasteiger charge is -2.35. The molecule has 1 aliphatic heterocycles. The van der Waals surface area contributed by atoms with Crippen molar-refractivity contribution in [3.05, 3.63) is 34.0 Å². The topological polar surface area (TPSA) is 94.1 Å². The fourth-order valence-electron chi connectivity index (χ4n) is 4.35. The summed E-state index contributed by atoms with van der Waals surface area (Å²) in [7, 11) is 0. The molecule has 1 amide bonds. The Morgan fingerprint density at radius 1 is 1.41 bits per heavy atom. The zero-order chi connectivity index (χ0) is 19.0. The van der Waals surface area contributed by atoms with E-state index in [4.69, 9.17) is 0 Å². The summed E-state index contributed by atoms with van der Waals surface area (Å²) in [6.45, 7) is 6.97. The number of carbonyl (C=O) groups excluding carboxylic acids is 1. The third-order valence-electron chi connectivity index (χ3n) is 5.86. The van der Waals surface area contributed by atoms with E-state index in [2.05, 4.69) is 44.6 Å². The maximum atomic E-state index is 12.5. The van der Waals surface area contributed by atoms with Crippen molar-refractivity contribution in [2.24, 2.45) is 11.8 Å². The number of H-pyrrole nitrogens is 1. The molecule has 3 heterocycles. The van der Waals surface area contributed by atoms with Crippen molar-refractivity contribution in [1.82, 2.24) is 25.4 Å². The van der Waals surface area contributed by atoms with Crippen LogP contribution in [0.25, 0.3) is 0 Å². The van der Waals surface area contributed by atoms with Gasteiger partial charge in [0.1, 0.15) is 5.69 Å². The standard InChI is InChI=1S/C19H27N5O2S/c1-11(2)15-5-17(23-22-15)19(26)21-16-3-12-6-24(7-13(12)4-18(16)25)8-14-9-27-10-20-14/h5,9-13,16,18,25H,3-4,6-8H2,1-2H3,(H,21,26)(H,22,23)/t12-,13+,16-,18-/m0/s1. The molecule has 2 aliphatic rings. The van der Waals surface area contributed by atoms with E-state index in [1.165, 1.54) is 0 Å². The molecule has 7 nitrogen and oxygen atoms in total. The molecule has 4 atom stereocenters. The van der Waals surface area contributed by atoms with Crippen LogP contribution in [-0.2, 0) is 6.54 Å². The van der Waals surface area contributed by atoms with Crippen LogP contribution < -0.4 is 5.32 Å². The fraction of sp³-hybridized carbons (Fsp3) is 0.632. The van der Waals surface area contributed by atoms with Gasteiger partial charge in [-0.1, -0.05) is 13.8 Å². The highest BCUT2D eigenvalue weighted by Crippen LogP contribution is 2.37. The Bertz CT molecular complexity index is 775. The van der Waals surface area contributed by atoms with Gasteiger partial charge in [-0.15, -0.1) is 11.3 Å². The number of hydrogen-bond donors (Lipinski definition) is 3. The number of nitrogens with one attached hydrogen (secondary N) is 2. The van der Waals surface area contributed by atoms with Crippen LogP contribution >= 0.6 is 11.3 Å². The maximum absolute atomic E-state index is 12.5. The maximum Gasteiger partial charge on any atom is 0.272 e. The molecule has 3 N–H and O–H groups in total. The van der Waals surface area contributed by atoms with Crippen molar-refractivity contribution in [3.8, 4) is 0 Å². The second-order valence-electron chi connectivity index (χ2n) is 8.18. The molecule has 8 heteroatoms. The number of amides is 1. The van der Waals surface area contributed by atoms with Gasteiger partial charge < -0.3 is 10.4 Å². The van der Waals surface area contributed by atoms with E-state index in [1.807, 2.05) is 5.51 Å². The molecule has 2 aromatic heterocycles. The normalized spacial score (nSPS) is 28.4. The van der Waals surface area contributed by atoms with Gasteiger partial charge in [0.15, 0.2) is 0 Å². The summed E-state index contributed by atoms with van der Waals surface area (Å²) in [5.41, 5.74) is 4.32. The SMILES string of the molecule is CC(C)c1cc(C(=O)N[C@H]2C[C@H]3CN(Cc4cscn4)C[C@H]3C[C@@H]2O)n[nH]1. The van der Waals surface area contributed by atoms with Crippen LogP contribution in [0.4, 0.5) is 0 Å². The van der Waals surface area contributed by atoms with Gasteiger partial charge in [-0.05, 0) is 36.7 Å². The van der Waals surface area contributed by atoms with Crippen molar-refractivity contribution < 1.29 is 9.90 Å². The van der Waals surface area contributed by atoms with Gasteiger partial charge in [0.2, 0.25) is 0 Å². The minimum Gasteiger partial charge on any atom is -0.391 e. The highest BCUT2D eigenvalue weighted by molar-refractivity contribution is 7.07. The van der Waals surface area contributed by atoms with Gasteiger partial charge in [-0.25, -0.2) is 4.98 Å². The highest BCUT2D eigenvalue weighted by atomic mass is 32.1. The van der Waals surface area contributed by atoms with E-state index >= 15 is 0 Å². The van der Waals surface area contributed by atoms with E-state index in [0.717, 1.165) is 43.9 Å². The fourth-order valence-corrected chi connectivity index (χ4v) is 4.90. The summed E-state index contributed by atoms with van der Waals surface area (Å²) in [6.07, 6.45) is 1.05. The largest absolute Gasteiger partial charge is 0.391 e. The Morgan fingerprint density at radius 3 is 2.85 bits per heavy atom. The van der Waals surface area contributed by atoms with E-state index in [9.17, 15) is 9.90 Å². The first-order valence-electron chi connectivity index (χ1n) is 9.63. The lowest BCUT2D eigenvalue weighted by molar-refractivity contribution is 0.0460.